The Balaban J connectivity index is 2.67. The Hall–Kier alpha value is -1.52. The van der Waals surface area contributed by atoms with Crippen LogP contribution in [0.4, 0.5) is 4.79 Å². The third-order valence-electron chi connectivity index (χ3n) is 2.44. The molecule has 1 N–H and O–H groups in total. The van der Waals surface area contributed by atoms with Gasteiger partial charge in [0.25, 0.3) is 0 Å². The van der Waals surface area contributed by atoms with Gasteiger partial charge < -0.3 is 10.2 Å². The first-order chi connectivity index (χ1) is 7.06. The van der Waals surface area contributed by atoms with E-state index < -0.39 is 0 Å². The molecular formula is C10H18N4O. The maximum absolute atomic E-state index is 11.6. The van der Waals surface area contributed by atoms with Crippen molar-refractivity contribution in [3.8, 4) is 0 Å². The minimum absolute atomic E-state index is 0.0326. The number of aryl methyl sites for hydroxylation is 1. The molecule has 0 aromatic carbocycles. The van der Waals surface area contributed by atoms with Crippen LogP contribution in [-0.4, -0.2) is 34.3 Å². The van der Waals surface area contributed by atoms with E-state index in [0.717, 1.165) is 5.56 Å². The maximum Gasteiger partial charge on any atom is 0.317 e. The highest BCUT2D eigenvalue weighted by atomic mass is 16.2. The van der Waals surface area contributed by atoms with Gasteiger partial charge in [-0.05, 0) is 13.8 Å². The summed E-state index contributed by atoms with van der Waals surface area (Å²) >= 11 is 0. The van der Waals surface area contributed by atoms with E-state index in [1.54, 1.807) is 22.8 Å². The Bertz CT molecular complexity index is 334. The molecule has 0 aliphatic rings. The number of carbonyl (C=O) groups is 1. The van der Waals surface area contributed by atoms with Gasteiger partial charge in [-0.2, -0.15) is 5.10 Å². The van der Waals surface area contributed by atoms with Crippen molar-refractivity contribution in [1.29, 1.82) is 0 Å². The molecule has 0 aliphatic carbocycles. The molecule has 0 spiro atoms. The zero-order valence-electron chi connectivity index (χ0n) is 9.69. The predicted octanol–water partition coefficient (Wildman–Crippen LogP) is 1.14. The molecule has 84 valence electrons. The Morgan fingerprint density at radius 3 is 2.87 bits per heavy atom. The largest absolute Gasteiger partial charge is 0.338 e. The lowest BCUT2D eigenvalue weighted by Gasteiger charge is -2.23. The zero-order valence-corrected chi connectivity index (χ0v) is 9.69. The second-order valence-corrected chi connectivity index (χ2v) is 3.57. The van der Waals surface area contributed by atoms with Gasteiger partial charge >= 0.3 is 6.03 Å². The lowest BCUT2D eigenvalue weighted by molar-refractivity contribution is 0.195. The summed E-state index contributed by atoms with van der Waals surface area (Å²) in [5, 5.41) is 6.85. The number of urea groups is 1. The Morgan fingerprint density at radius 1 is 1.73 bits per heavy atom. The highest BCUT2D eigenvalue weighted by Gasteiger charge is 2.17. The molecule has 15 heavy (non-hydrogen) atoms. The van der Waals surface area contributed by atoms with E-state index in [1.165, 1.54) is 0 Å². The Labute approximate surface area is 90.1 Å². The van der Waals surface area contributed by atoms with E-state index in [2.05, 4.69) is 10.4 Å². The fraction of sp³-hybridized carbons (Fsp3) is 0.600. The smallest absolute Gasteiger partial charge is 0.317 e. The van der Waals surface area contributed by atoms with Crippen LogP contribution in [0.15, 0.2) is 12.4 Å². The number of nitrogens with zero attached hydrogens (tertiary/aromatic N) is 3. The summed E-state index contributed by atoms with van der Waals surface area (Å²) in [6.07, 6.45) is 3.70. The summed E-state index contributed by atoms with van der Waals surface area (Å²) in [6, 6.07) is -0.0286. The van der Waals surface area contributed by atoms with Crippen molar-refractivity contribution >= 4 is 6.03 Å². The highest BCUT2D eigenvalue weighted by molar-refractivity contribution is 5.74. The molecular weight excluding hydrogens is 192 g/mol. The van der Waals surface area contributed by atoms with Crippen LogP contribution >= 0.6 is 0 Å². The average Bonchev–Trinajstić information content (AvgIpc) is 2.63. The van der Waals surface area contributed by atoms with Gasteiger partial charge in [-0.25, -0.2) is 4.79 Å². The van der Waals surface area contributed by atoms with Crippen LogP contribution in [0.25, 0.3) is 0 Å². The fourth-order valence-corrected chi connectivity index (χ4v) is 1.33. The quantitative estimate of drug-likeness (QED) is 0.813. The molecule has 0 fully saturated rings. The van der Waals surface area contributed by atoms with Gasteiger partial charge in [0.1, 0.15) is 0 Å². The number of carbonyl (C=O) groups excluding carboxylic acids is 1. The molecule has 1 atom stereocenters. The van der Waals surface area contributed by atoms with Crippen LogP contribution < -0.4 is 5.32 Å². The van der Waals surface area contributed by atoms with E-state index in [1.807, 2.05) is 27.1 Å². The molecule has 0 saturated carbocycles. The lowest BCUT2D eigenvalue weighted by atomic mass is 10.2. The van der Waals surface area contributed by atoms with E-state index in [9.17, 15) is 4.79 Å². The number of aromatic nitrogens is 2. The minimum Gasteiger partial charge on any atom is -0.338 e. The van der Waals surface area contributed by atoms with Gasteiger partial charge in [0.2, 0.25) is 0 Å². The molecule has 1 rings (SSSR count). The Morgan fingerprint density at radius 2 is 2.40 bits per heavy atom. The van der Waals surface area contributed by atoms with Crippen molar-refractivity contribution in [2.45, 2.75) is 19.9 Å². The van der Waals surface area contributed by atoms with E-state index in [-0.39, 0.29) is 12.1 Å². The van der Waals surface area contributed by atoms with Crippen LogP contribution in [0.2, 0.25) is 0 Å². The molecule has 2 amide bonds. The second kappa shape index (κ2) is 4.82. The second-order valence-electron chi connectivity index (χ2n) is 3.57. The molecule has 0 saturated heterocycles. The van der Waals surface area contributed by atoms with E-state index in [0.29, 0.717) is 6.54 Å². The molecule has 1 unspecified atom stereocenters. The number of hydrogen-bond donors (Lipinski definition) is 1. The van der Waals surface area contributed by atoms with Gasteiger partial charge in [0, 0.05) is 32.4 Å². The van der Waals surface area contributed by atoms with Gasteiger partial charge in [0.15, 0.2) is 0 Å². The summed E-state index contributed by atoms with van der Waals surface area (Å²) in [5.41, 5.74) is 1.03. The van der Waals surface area contributed by atoms with Crippen LogP contribution in [0, 0.1) is 0 Å². The normalized spacial score (nSPS) is 12.3. The SMILES string of the molecule is CCNC(=O)N(C)C(C)c1cnn(C)c1. The first-order valence-corrected chi connectivity index (χ1v) is 5.05. The van der Waals surface area contributed by atoms with Gasteiger partial charge in [0.05, 0.1) is 12.2 Å². The van der Waals surface area contributed by atoms with Crippen molar-refractivity contribution in [3.63, 3.8) is 0 Å². The summed E-state index contributed by atoms with van der Waals surface area (Å²) in [4.78, 5) is 13.2. The van der Waals surface area contributed by atoms with Crippen molar-refractivity contribution in [1.82, 2.24) is 20.0 Å². The van der Waals surface area contributed by atoms with Crippen molar-refractivity contribution < 1.29 is 4.79 Å². The summed E-state index contributed by atoms with van der Waals surface area (Å²) < 4.78 is 1.73. The molecule has 0 radical (unpaired) electrons. The fourth-order valence-electron chi connectivity index (χ4n) is 1.33. The number of nitrogens with one attached hydrogen (secondary N) is 1. The molecule has 1 heterocycles. The first-order valence-electron chi connectivity index (χ1n) is 5.05. The lowest BCUT2D eigenvalue weighted by Crippen LogP contribution is -2.38. The maximum atomic E-state index is 11.6. The van der Waals surface area contributed by atoms with E-state index in [4.69, 9.17) is 0 Å². The highest BCUT2D eigenvalue weighted by Crippen LogP contribution is 2.17. The summed E-state index contributed by atoms with van der Waals surface area (Å²) in [5.74, 6) is 0. The third kappa shape index (κ3) is 2.71. The molecule has 5 nitrogen and oxygen atoms in total. The van der Waals surface area contributed by atoms with Crippen LogP contribution in [0.1, 0.15) is 25.5 Å². The summed E-state index contributed by atoms with van der Waals surface area (Å²) in [7, 11) is 3.64. The van der Waals surface area contributed by atoms with Crippen LogP contribution in [-0.2, 0) is 7.05 Å². The molecule has 1 aromatic rings. The number of amides is 2. The summed E-state index contributed by atoms with van der Waals surface area (Å²) in [6.45, 7) is 4.52. The number of hydrogen-bond acceptors (Lipinski definition) is 2. The minimum atomic E-state index is -0.0612. The molecule has 0 aliphatic heterocycles. The van der Waals surface area contributed by atoms with E-state index >= 15 is 0 Å². The average molecular weight is 210 g/mol. The third-order valence-corrected chi connectivity index (χ3v) is 2.44. The first kappa shape index (κ1) is 11.6. The van der Waals surface area contributed by atoms with Crippen LogP contribution in [0.5, 0.6) is 0 Å². The van der Waals surface area contributed by atoms with Crippen molar-refractivity contribution in [2.24, 2.45) is 7.05 Å². The van der Waals surface area contributed by atoms with Gasteiger partial charge in [-0.3, -0.25) is 4.68 Å². The van der Waals surface area contributed by atoms with Crippen molar-refractivity contribution in [2.75, 3.05) is 13.6 Å². The van der Waals surface area contributed by atoms with Gasteiger partial charge in [-0.15, -0.1) is 0 Å². The monoisotopic (exact) mass is 210 g/mol. The standard InChI is InChI=1S/C10H18N4O/c1-5-11-10(15)14(4)8(2)9-6-12-13(3)7-9/h6-8H,5H2,1-4H3,(H,11,15). The zero-order chi connectivity index (χ0) is 11.4. The van der Waals surface area contributed by atoms with Gasteiger partial charge in [-0.1, -0.05) is 0 Å². The predicted molar refractivity (Wildman–Crippen MR) is 58.5 cm³/mol. The van der Waals surface area contributed by atoms with Crippen molar-refractivity contribution in [3.05, 3.63) is 18.0 Å². The Kier molecular flexibility index (Phi) is 3.71. The van der Waals surface area contributed by atoms with Crippen LogP contribution in [0.3, 0.4) is 0 Å². The molecule has 1 aromatic heterocycles. The number of rotatable bonds is 3. The topological polar surface area (TPSA) is 50.2 Å². The molecule has 0 bridgehead atoms. The molecule has 5 heteroatoms.